The predicted molar refractivity (Wildman–Crippen MR) is 75.3 cm³/mol. The third kappa shape index (κ3) is 4.30. The van der Waals surface area contributed by atoms with Crippen LogP contribution in [0.5, 0.6) is 0 Å². The fraction of sp³-hybridized carbons (Fsp3) is 0.364. The maximum atomic E-state index is 11.9. The second kappa shape index (κ2) is 5.71. The lowest BCUT2D eigenvalue weighted by Crippen LogP contribution is -2.29. The third-order valence-electron chi connectivity index (χ3n) is 2.42. The standard InChI is InChI=1S/C11H15BrN2O3S/c1-7-9(5-8(12)6-10(7)13)11(15)14-3-4-18(2,16)17/h5-6H,3-4,13H2,1-2H3,(H,14,15). The first kappa shape index (κ1) is 15.0. The Morgan fingerprint density at radius 2 is 2.06 bits per heavy atom. The van der Waals surface area contributed by atoms with Crippen molar-refractivity contribution in [1.82, 2.24) is 5.32 Å². The van der Waals surface area contributed by atoms with E-state index in [1.807, 2.05) is 0 Å². The lowest BCUT2D eigenvalue weighted by molar-refractivity contribution is 0.0955. The molecule has 0 aliphatic rings. The minimum atomic E-state index is -3.08. The van der Waals surface area contributed by atoms with Gasteiger partial charge in [-0.1, -0.05) is 15.9 Å². The molecule has 0 spiro atoms. The zero-order chi connectivity index (χ0) is 13.9. The van der Waals surface area contributed by atoms with Gasteiger partial charge in [0.15, 0.2) is 0 Å². The van der Waals surface area contributed by atoms with Gasteiger partial charge in [-0.05, 0) is 24.6 Å². The molecular weight excluding hydrogens is 320 g/mol. The number of nitrogen functional groups attached to an aromatic ring is 1. The first-order chi connectivity index (χ1) is 8.20. The van der Waals surface area contributed by atoms with Gasteiger partial charge >= 0.3 is 0 Å². The van der Waals surface area contributed by atoms with E-state index in [-0.39, 0.29) is 18.2 Å². The van der Waals surface area contributed by atoms with Crippen LogP contribution in [0.25, 0.3) is 0 Å². The highest BCUT2D eigenvalue weighted by Crippen LogP contribution is 2.22. The molecule has 5 nitrogen and oxygen atoms in total. The fourth-order valence-electron chi connectivity index (χ4n) is 1.38. The smallest absolute Gasteiger partial charge is 0.251 e. The van der Waals surface area contributed by atoms with Crippen LogP contribution in [0.1, 0.15) is 15.9 Å². The molecule has 0 radical (unpaired) electrons. The van der Waals surface area contributed by atoms with Crippen molar-refractivity contribution < 1.29 is 13.2 Å². The Bertz CT molecular complexity index is 570. The molecule has 1 rings (SSSR count). The molecule has 0 heterocycles. The average molecular weight is 335 g/mol. The molecule has 0 aliphatic carbocycles. The van der Waals surface area contributed by atoms with Crippen LogP contribution in [0.15, 0.2) is 16.6 Å². The number of nitrogens with two attached hydrogens (primary N) is 1. The number of hydrogen-bond acceptors (Lipinski definition) is 4. The number of hydrogen-bond donors (Lipinski definition) is 2. The SMILES string of the molecule is Cc1c(N)cc(Br)cc1C(=O)NCCS(C)(=O)=O. The summed E-state index contributed by atoms with van der Waals surface area (Å²) in [5, 5.41) is 2.56. The number of amides is 1. The molecule has 0 atom stereocenters. The van der Waals surface area contributed by atoms with Crippen LogP contribution in [-0.4, -0.2) is 32.9 Å². The molecule has 3 N–H and O–H groups in total. The molecule has 1 aromatic rings. The second-order valence-electron chi connectivity index (χ2n) is 4.05. The van der Waals surface area contributed by atoms with Crippen molar-refractivity contribution in [3.63, 3.8) is 0 Å². The largest absolute Gasteiger partial charge is 0.398 e. The summed E-state index contributed by atoms with van der Waals surface area (Å²) in [6.45, 7) is 1.83. The number of carbonyl (C=O) groups excluding carboxylic acids is 1. The number of halogens is 1. The normalized spacial score (nSPS) is 11.3. The van der Waals surface area contributed by atoms with Gasteiger partial charge in [0, 0.05) is 28.5 Å². The van der Waals surface area contributed by atoms with E-state index < -0.39 is 9.84 Å². The molecule has 18 heavy (non-hydrogen) atoms. The van der Waals surface area contributed by atoms with Crippen molar-refractivity contribution in [2.45, 2.75) is 6.92 Å². The topological polar surface area (TPSA) is 89.3 Å². The Kier molecular flexibility index (Phi) is 4.75. The molecular formula is C11H15BrN2O3S. The van der Waals surface area contributed by atoms with Crippen molar-refractivity contribution >= 4 is 37.4 Å². The number of anilines is 1. The van der Waals surface area contributed by atoms with Gasteiger partial charge in [0.25, 0.3) is 5.91 Å². The van der Waals surface area contributed by atoms with E-state index in [2.05, 4.69) is 21.2 Å². The Labute approximate surface area is 115 Å². The summed E-state index contributed by atoms with van der Waals surface area (Å²) in [5.74, 6) is -0.412. The van der Waals surface area contributed by atoms with E-state index in [9.17, 15) is 13.2 Å². The quantitative estimate of drug-likeness (QED) is 0.807. The van der Waals surface area contributed by atoms with Gasteiger partial charge in [0.05, 0.1) is 5.75 Å². The second-order valence-corrected chi connectivity index (χ2v) is 7.23. The highest BCUT2D eigenvalue weighted by atomic mass is 79.9. The summed E-state index contributed by atoms with van der Waals surface area (Å²) >= 11 is 3.26. The number of sulfone groups is 1. The number of nitrogens with one attached hydrogen (secondary N) is 1. The van der Waals surface area contributed by atoms with E-state index >= 15 is 0 Å². The summed E-state index contributed by atoms with van der Waals surface area (Å²) < 4.78 is 22.6. The minimum absolute atomic E-state index is 0.0821. The first-order valence-corrected chi connectivity index (χ1v) is 8.07. The van der Waals surface area contributed by atoms with E-state index in [4.69, 9.17) is 5.73 Å². The van der Waals surface area contributed by atoms with Gasteiger partial charge in [0.2, 0.25) is 0 Å². The van der Waals surface area contributed by atoms with Crippen molar-refractivity contribution in [3.05, 3.63) is 27.7 Å². The van der Waals surface area contributed by atoms with Crippen LogP contribution in [0.2, 0.25) is 0 Å². The van der Waals surface area contributed by atoms with Crippen LogP contribution in [-0.2, 0) is 9.84 Å². The molecule has 0 bridgehead atoms. The Hall–Kier alpha value is -1.08. The van der Waals surface area contributed by atoms with Gasteiger partial charge in [-0.15, -0.1) is 0 Å². The van der Waals surface area contributed by atoms with Crippen LogP contribution >= 0.6 is 15.9 Å². The zero-order valence-corrected chi connectivity index (χ0v) is 12.6. The monoisotopic (exact) mass is 334 g/mol. The molecule has 0 saturated carbocycles. The van der Waals surface area contributed by atoms with E-state index in [1.165, 1.54) is 0 Å². The average Bonchev–Trinajstić information content (AvgIpc) is 2.21. The highest BCUT2D eigenvalue weighted by Gasteiger charge is 2.12. The molecule has 7 heteroatoms. The summed E-state index contributed by atoms with van der Waals surface area (Å²) in [6, 6.07) is 3.37. The number of benzene rings is 1. The van der Waals surface area contributed by atoms with Crippen LogP contribution in [0, 0.1) is 6.92 Å². The van der Waals surface area contributed by atoms with Crippen LogP contribution in [0.3, 0.4) is 0 Å². The summed E-state index contributed by atoms with van der Waals surface area (Å²) in [5.41, 5.74) is 7.38. The van der Waals surface area contributed by atoms with Crippen molar-refractivity contribution in [3.8, 4) is 0 Å². The molecule has 100 valence electrons. The van der Waals surface area contributed by atoms with Crippen LogP contribution < -0.4 is 11.1 Å². The zero-order valence-electron chi connectivity index (χ0n) is 10.2. The van der Waals surface area contributed by atoms with Gasteiger partial charge in [-0.25, -0.2) is 8.42 Å². The maximum Gasteiger partial charge on any atom is 0.251 e. The van der Waals surface area contributed by atoms with Gasteiger partial charge in [0.1, 0.15) is 9.84 Å². The lowest BCUT2D eigenvalue weighted by atomic mass is 10.1. The van der Waals surface area contributed by atoms with E-state index in [0.29, 0.717) is 21.3 Å². The Morgan fingerprint density at radius 3 is 2.61 bits per heavy atom. The molecule has 0 fully saturated rings. The van der Waals surface area contributed by atoms with Crippen molar-refractivity contribution in [2.75, 3.05) is 24.3 Å². The van der Waals surface area contributed by atoms with E-state index in [1.54, 1.807) is 19.1 Å². The predicted octanol–water partition coefficient (Wildman–Crippen LogP) is 1.11. The molecule has 1 amide bonds. The van der Waals surface area contributed by atoms with Gasteiger partial charge in [-0.2, -0.15) is 0 Å². The highest BCUT2D eigenvalue weighted by molar-refractivity contribution is 9.10. The molecule has 0 unspecified atom stereocenters. The summed E-state index contributed by atoms with van der Waals surface area (Å²) in [4.78, 5) is 11.9. The van der Waals surface area contributed by atoms with Crippen molar-refractivity contribution in [1.29, 1.82) is 0 Å². The van der Waals surface area contributed by atoms with Gasteiger partial charge in [-0.3, -0.25) is 4.79 Å². The number of rotatable bonds is 4. The summed E-state index contributed by atoms with van der Waals surface area (Å²) in [7, 11) is -3.08. The first-order valence-electron chi connectivity index (χ1n) is 5.22. The summed E-state index contributed by atoms with van der Waals surface area (Å²) in [6.07, 6.45) is 1.13. The molecule has 0 saturated heterocycles. The number of carbonyl (C=O) groups is 1. The lowest BCUT2D eigenvalue weighted by Gasteiger charge is -2.10. The molecule has 0 aliphatic heterocycles. The third-order valence-corrected chi connectivity index (χ3v) is 3.82. The Balaban J connectivity index is 2.79. The molecule has 1 aromatic carbocycles. The minimum Gasteiger partial charge on any atom is -0.398 e. The maximum absolute atomic E-state index is 11.9. The molecule has 0 aromatic heterocycles. The fourth-order valence-corrected chi connectivity index (χ4v) is 2.33. The van der Waals surface area contributed by atoms with Gasteiger partial charge < -0.3 is 11.1 Å². The van der Waals surface area contributed by atoms with E-state index in [0.717, 1.165) is 6.26 Å². The van der Waals surface area contributed by atoms with Crippen molar-refractivity contribution in [2.24, 2.45) is 0 Å². The Morgan fingerprint density at radius 1 is 1.44 bits per heavy atom. The van der Waals surface area contributed by atoms with Crippen LogP contribution in [0.4, 0.5) is 5.69 Å².